The number of Topliss-reactive ketones (excluding diaryl/α,β-unsaturated/α-hetero) is 1. The zero-order valence-electron chi connectivity index (χ0n) is 21.0. The van der Waals surface area contributed by atoms with Crippen LogP contribution in [-0.4, -0.2) is 128 Å². The summed E-state index contributed by atoms with van der Waals surface area (Å²) in [4.78, 5) is 13.1. The van der Waals surface area contributed by atoms with Gasteiger partial charge in [0.15, 0.2) is 18.1 Å². The van der Waals surface area contributed by atoms with Crippen molar-refractivity contribution in [3.63, 3.8) is 0 Å². The molecule has 2 aromatic rings. The highest BCUT2D eigenvalue weighted by atomic mass is 16.7. The molecule has 10 atom stereocenters. The van der Waals surface area contributed by atoms with Crippen molar-refractivity contribution in [2.75, 3.05) is 19.8 Å². The molecule has 2 aromatic carbocycles. The van der Waals surface area contributed by atoms with E-state index in [-0.39, 0.29) is 22.8 Å². The van der Waals surface area contributed by atoms with Crippen LogP contribution in [0.25, 0.3) is 0 Å². The van der Waals surface area contributed by atoms with Crippen LogP contribution in [-0.2, 0) is 9.47 Å². The Bertz CT molecular complexity index is 1130. The minimum absolute atomic E-state index is 0.0220. The fourth-order valence-corrected chi connectivity index (χ4v) is 4.27. The second-order valence-corrected chi connectivity index (χ2v) is 9.29. The normalized spacial score (nSPS) is 34.2. The zero-order chi connectivity index (χ0) is 29.0. The average molecular weight is 569 g/mol. The van der Waals surface area contributed by atoms with Gasteiger partial charge in [0.05, 0.1) is 18.8 Å². The van der Waals surface area contributed by atoms with E-state index in [0.29, 0.717) is 0 Å². The first-order chi connectivity index (χ1) is 19.2. The molecule has 0 unspecified atom stereocenters. The number of ketones is 1. The first kappa shape index (κ1) is 30.1. The number of para-hydroxylation sites is 3. The van der Waals surface area contributed by atoms with Crippen molar-refractivity contribution < 1.29 is 69.3 Å². The predicted octanol–water partition coefficient (Wildman–Crippen LogP) is -2.69. The molecule has 0 saturated carbocycles. The van der Waals surface area contributed by atoms with Gasteiger partial charge in [-0.2, -0.15) is 0 Å². The summed E-state index contributed by atoms with van der Waals surface area (Å²) in [5.41, 5.74) is 0.0341. The van der Waals surface area contributed by atoms with Crippen molar-refractivity contribution in [1.82, 2.24) is 0 Å². The molecule has 0 spiro atoms. The molecule has 220 valence electrons. The molecule has 0 aliphatic carbocycles. The standard InChI is InChI=1S/C26H32O14/c27-9-17-19(30)21(32)23(34)25(39-17)37-14-6-2-1-5-12(14)13(29)11-36-15-7-3-4-8-16(15)38-26-24(35)22(33)20(31)18(10-28)40-26/h1-8,17-28,30-35H,9-11H2/t17-,18-,19-,20-,21-,22-,23-,24-,25-,26-/m1/s1. The van der Waals surface area contributed by atoms with Crippen molar-refractivity contribution >= 4 is 5.78 Å². The Kier molecular flexibility index (Phi) is 9.91. The van der Waals surface area contributed by atoms with Gasteiger partial charge in [0.1, 0.15) is 54.6 Å². The number of aliphatic hydroxyl groups is 8. The molecule has 2 fully saturated rings. The topological polar surface area (TPSA) is 225 Å². The first-order valence-electron chi connectivity index (χ1n) is 12.4. The average Bonchev–Trinajstić information content (AvgIpc) is 2.97. The molecule has 14 nitrogen and oxygen atoms in total. The fraction of sp³-hybridized carbons (Fsp3) is 0.500. The summed E-state index contributed by atoms with van der Waals surface area (Å²) in [6.07, 6.45) is -15.1. The highest BCUT2D eigenvalue weighted by Crippen LogP contribution is 2.32. The summed E-state index contributed by atoms with van der Waals surface area (Å²) in [5, 5.41) is 79.3. The highest BCUT2D eigenvalue weighted by Gasteiger charge is 2.46. The molecule has 0 amide bonds. The van der Waals surface area contributed by atoms with Crippen LogP contribution in [0, 0.1) is 0 Å². The van der Waals surface area contributed by atoms with Crippen LogP contribution >= 0.6 is 0 Å². The van der Waals surface area contributed by atoms with E-state index in [9.17, 15) is 45.6 Å². The number of carbonyl (C=O) groups excluding carboxylic acids is 1. The highest BCUT2D eigenvalue weighted by molar-refractivity contribution is 5.99. The molecule has 2 aliphatic heterocycles. The van der Waals surface area contributed by atoms with Crippen LogP contribution in [0.15, 0.2) is 48.5 Å². The quantitative estimate of drug-likeness (QED) is 0.137. The van der Waals surface area contributed by atoms with Gasteiger partial charge in [0.2, 0.25) is 18.4 Å². The molecule has 0 bridgehead atoms. The molecule has 0 radical (unpaired) electrons. The van der Waals surface area contributed by atoms with E-state index in [1.54, 1.807) is 24.3 Å². The van der Waals surface area contributed by atoms with Gasteiger partial charge >= 0.3 is 0 Å². The maximum atomic E-state index is 13.1. The van der Waals surface area contributed by atoms with Crippen LogP contribution in [0.4, 0.5) is 0 Å². The summed E-state index contributed by atoms with van der Waals surface area (Å²) in [6, 6.07) is 12.1. The second-order valence-electron chi connectivity index (χ2n) is 9.29. The van der Waals surface area contributed by atoms with Gasteiger partial charge in [-0.15, -0.1) is 0 Å². The van der Waals surface area contributed by atoms with Crippen LogP contribution in [0.1, 0.15) is 10.4 Å². The Labute approximate surface area is 228 Å². The number of aliphatic hydroxyl groups excluding tert-OH is 8. The largest absolute Gasteiger partial charge is 0.482 e. The van der Waals surface area contributed by atoms with Crippen LogP contribution in [0.3, 0.4) is 0 Å². The number of ether oxygens (including phenoxy) is 5. The minimum Gasteiger partial charge on any atom is -0.482 e. The van der Waals surface area contributed by atoms with Crippen molar-refractivity contribution in [1.29, 1.82) is 0 Å². The van der Waals surface area contributed by atoms with Gasteiger partial charge < -0.3 is 64.5 Å². The van der Waals surface area contributed by atoms with Gasteiger partial charge in [0.25, 0.3) is 0 Å². The minimum atomic E-state index is -1.68. The Balaban J connectivity index is 1.44. The Hall–Kier alpha value is -2.89. The van der Waals surface area contributed by atoms with Crippen molar-refractivity contribution in [3.05, 3.63) is 54.1 Å². The van der Waals surface area contributed by atoms with Gasteiger partial charge in [-0.3, -0.25) is 4.79 Å². The monoisotopic (exact) mass is 568 g/mol. The summed E-state index contributed by atoms with van der Waals surface area (Å²) in [7, 11) is 0. The number of benzene rings is 2. The Morgan fingerprint density at radius 2 is 1.07 bits per heavy atom. The molecule has 2 aliphatic rings. The molecule has 4 rings (SSSR count). The maximum absolute atomic E-state index is 13.1. The maximum Gasteiger partial charge on any atom is 0.229 e. The van der Waals surface area contributed by atoms with E-state index in [1.165, 1.54) is 24.3 Å². The van der Waals surface area contributed by atoms with E-state index in [4.69, 9.17) is 23.7 Å². The van der Waals surface area contributed by atoms with E-state index in [0.717, 1.165) is 0 Å². The summed E-state index contributed by atoms with van der Waals surface area (Å²) in [6.45, 7) is -1.81. The summed E-state index contributed by atoms with van der Waals surface area (Å²) >= 11 is 0. The molecule has 2 heterocycles. The third-order valence-electron chi connectivity index (χ3n) is 6.58. The smallest absolute Gasteiger partial charge is 0.229 e. The molecule has 14 heteroatoms. The lowest BCUT2D eigenvalue weighted by atomic mass is 9.99. The molecule has 2 saturated heterocycles. The van der Waals surface area contributed by atoms with E-state index in [2.05, 4.69) is 0 Å². The van der Waals surface area contributed by atoms with Crippen molar-refractivity contribution in [3.8, 4) is 17.2 Å². The number of carbonyl (C=O) groups is 1. The number of hydrogen-bond donors (Lipinski definition) is 8. The fourth-order valence-electron chi connectivity index (χ4n) is 4.27. The Morgan fingerprint density at radius 3 is 1.60 bits per heavy atom. The van der Waals surface area contributed by atoms with Crippen molar-refractivity contribution in [2.24, 2.45) is 0 Å². The van der Waals surface area contributed by atoms with Gasteiger partial charge in [0, 0.05) is 0 Å². The van der Waals surface area contributed by atoms with E-state index >= 15 is 0 Å². The zero-order valence-corrected chi connectivity index (χ0v) is 21.0. The second kappa shape index (κ2) is 13.2. The van der Waals surface area contributed by atoms with Gasteiger partial charge in [-0.05, 0) is 24.3 Å². The third kappa shape index (κ3) is 6.37. The third-order valence-corrected chi connectivity index (χ3v) is 6.58. The Morgan fingerprint density at radius 1 is 0.625 bits per heavy atom. The lowest BCUT2D eigenvalue weighted by Gasteiger charge is -2.39. The van der Waals surface area contributed by atoms with E-state index in [1.807, 2.05) is 0 Å². The van der Waals surface area contributed by atoms with Crippen LogP contribution in [0.5, 0.6) is 17.2 Å². The van der Waals surface area contributed by atoms with Crippen molar-refractivity contribution in [2.45, 2.75) is 61.4 Å². The van der Waals surface area contributed by atoms with Crippen LogP contribution < -0.4 is 14.2 Å². The SMILES string of the molecule is O=C(COc1ccccc1O[C@@H]1O[C@H](CO)[C@@H](O)[C@@H](O)[C@H]1O)c1ccccc1O[C@@H]1O[C@H](CO)[C@@H](O)[C@@H](O)[C@H]1O. The molecule has 8 N–H and O–H groups in total. The molecule has 0 aromatic heterocycles. The lowest BCUT2D eigenvalue weighted by Crippen LogP contribution is -2.60. The number of hydrogen-bond acceptors (Lipinski definition) is 14. The predicted molar refractivity (Wildman–Crippen MR) is 131 cm³/mol. The molecule has 40 heavy (non-hydrogen) atoms. The first-order valence-corrected chi connectivity index (χ1v) is 12.4. The summed E-state index contributed by atoms with van der Waals surface area (Å²) < 4.78 is 27.6. The number of rotatable bonds is 10. The molecular formula is C26H32O14. The van der Waals surface area contributed by atoms with Crippen LogP contribution in [0.2, 0.25) is 0 Å². The lowest BCUT2D eigenvalue weighted by molar-refractivity contribution is -0.277. The van der Waals surface area contributed by atoms with E-state index < -0.39 is 87.0 Å². The summed E-state index contributed by atoms with van der Waals surface area (Å²) in [5.74, 6) is -0.486. The molecular weight excluding hydrogens is 536 g/mol. The van der Waals surface area contributed by atoms with Gasteiger partial charge in [-0.25, -0.2) is 0 Å². The van der Waals surface area contributed by atoms with Gasteiger partial charge in [-0.1, -0.05) is 24.3 Å².